The van der Waals surface area contributed by atoms with Gasteiger partial charge < -0.3 is 14.4 Å². The van der Waals surface area contributed by atoms with Crippen LogP contribution in [-0.2, 0) is 19.6 Å². The molecule has 0 aliphatic carbocycles. The van der Waals surface area contributed by atoms with E-state index in [-0.39, 0.29) is 23.8 Å². The molecule has 0 saturated carbocycles. The van der Waals surface area contributed by atoms with Crippen LogP contribution in [-0.4, -0.2) is 73.5 Å². The molecule has 4 rings (SSSR count). The summed E-state index contributed by atoms with van der Waals surface area (Å²) in [7, 11) is -4.02. The number of amides is 1. The van der Waals surface area contributed by atoms with Gasteiger partial charge in [0.25, 0.3) is 0 Å². The first kappa shape index (κ1) is 20.7. The molecule has 0 radical (unpaired) electrons. The molecule has 0 bridgehead atoms. The van der Waals surface area contributed by atoms with Crippen LogP contribution in [0, 0.1) is 5.82 Å². The Balaban J connectivity index is 1.61. The number of morpholine rings is 1. The maximum absolute atomic E-state index is 13.3. The summed E-state index contributed by atoms with van der Waals surface area (Å²) in [6, 6.07) is 7.12. The van der Waals surface area contributed by atoms with Crippen molar-refractivity contribution in [3.05, 3.63) is 54.6 Å². The molecular formula is C20H22FN3O5S. The Kier molecular flexibility index (Phi) is 5.98. The summed E-state index contributed by atoms with van der Waals surface area (Å²) in [5.41, 5.74) is 0. The van der Waals surface area contributed by atoms with Crippen LogP contribution < -0.4 is 4.74 Å². The van der Waals surface area contributed by atoms with Crippen molar-refractivity contribution in [2.24, 2.45) is 0 Å². The molecule has 2 aliphatic heterocycles. The molecule has 10 heteroatoms. The molecule has 2 fully saturated rings. The number of pyridine rings is 1. The van der Waals surface area contributed by atoms with Gasteiger partial charge in [-0.05, 0) is 36.4 Å². The van der Waals surface area contributed by atoms with Crippen molar-refractivity contribution in [1.29, 1.82) is 0 Å². The van der Waals surface area contributed by atoms with Crippen LogP contribution in [0.3, 0.4) is 0 Å². The third kappa shape index (κ3) is 4.30. The van der Waals surface area contributed by atoms with Crippen molar-refractivity contribution in [3.8, 4) is 5.75 Å². The number of sulfonamides is 1. The van der Waals surface area contributed by atoms with E-state index < -0.39 is 28.0 Å². The number of carbonyl (C=O) groups is 1. The van der Waals surface area contributed by atoms with Crippen LogP contribution in [0.25, 0.3) is 0 Å². The van der Waals surface area contributed by atoms with Crippen molar-refractivity contribution in [3.63, 3.8) is 0 Å². The topological polar surface area (TPSA) is 89.0 Å². The van der Waals surface area contributed by atoms with Gasteiger partial charge in [0.1, 0.15) is 23.7 Å². The third-order valence-electron chi connectivity index (χ3n) is 5.18. The summed E-state index contributed by atoms with van der Waals surface area (Å²) in [6.45, 7) is 1.66. The Morgan fingerprint density at radius 1 is 1.17 bits per heavy atom. The van der Waals surface area contributed by atoms with Crippen LogP contribution in [0.1, 0.15) is 6.42 Å². The van der Waals surface area contributed by atoms with Crippen molar-refractivity contribution in [1.82, 2.24) is 14.2 Å². The van der Waals surface area contributed by atoms with Gasteiger partial charge in [0.15, 0.2) is 0 Å². The maximum Gasteiger partial charge on any atom is 0.243 e. The van der Waals surface area contributed by atoms with Gasteiger partial charge in [-0.25, -0.2) is 12.8 Å². The summed E-state index contributed by atoms with van der Waals surface area (Å²) in [6.07, 6.45) is 2.85. The number of halogens is 1. The summed E-state index contributed by atoms with van der Waals surface area (Å²) in [5, 5.41) is 0. The second-order valence-electron chi connectivity index (χ2n) is 7.15. The van der Waals surface area contributed by atoms with Gasteiger partial charge >= 0.3 is 0 Å². The fourth-order valence-electron chi connectivity index (χ4n) is 3.69. The molecular weight excluding hydrogens is 413 g/mol. The second kappa shape index (κ2) is 8.66. The highest BCUT2D eigenvalue weighted by Crippen LogP contribution is 2.30. The predicted octanol–water partition coefficient (Wildman–Crippen LogP) is 1.29. The summed E-state index contributed by atoms with van der Waals surface area (Å²) < 4.78 is 52.2. The molecule has 0 unspecified atom stereocenters. The lowest BCUT2D eigenvalue weighted by molar-refractivity contribution is -0.138. The van der Waals surface area contributed by atoms with Gasteiger partial charge in [-0.2, -0.15) is 4.31 Å². The summed E-state index contributed by atoms with van der Waals surface area (Å²) in [5.74, 6) is -0.309. The van der Waals surface area contributed by atoms with Crippen molar-refractivity contribution >= 4 is 15.9 Å². The van der Waals surface area contributed by atoms with E-state index >= 15 is 0 Å². The molecule has 2 saturated heterocycles. The zero-order chi connectivity index (χ0) is 21.1. The van der Waals surface area contributed by atoms with E-state index in [4.69, 9.17) is 9.47 Å². The minimum atomic E-state index is -4.02. The molecule has 0 N–H and O–H groups in total. The van der Waals surface area contributed by atoms with Crippen molar-refractivity contribution < 1.29 is 27.1 Å². The number of hydrogen-bond donors (Lipinski definition) is 0. The standard InChI is InChI=1S/C20H22FN3O5S/c21-15-3-5-18(6-4-15)30(26,27)24-14-17(29-16-2-1-7-22-13-16)12-19(24)20(25)23-8-10-28-11-9-23/h1-7,13,17,19H,8-12,14H2/t17-,19+/m0/s1. The normalized spacial score (nSPS) is 22.8. The van der Waals surface area contributed by atoms with Crippen LogP contribution >= 0.6 is 0 Å². The lowest BCUT2D eigenvalue weighted by Gasteiger charge is -2.31. The first-order chi connectivity index (χ1) is 14.4. The highest BCUT2D eigenvalue weighted by molar-refractivity contribution is 7.89. The third-order valence-corrected chi connectivity index (χ3v) is 7.07. The first-order valence-corrected chi connectivity index (χ1v) is 11.1. The Hall–Kier alpha value is -2.56. The number of hydrogen-bond acceptors (Lipinski definition) is 6. The van der Waals surface area contributed by atoms with Crippen molar-refractivity contribution in [2.75, 3.05) is 32.8 Å². The second-order valence-corrected chi connectivity index (χ2v) is 9.04. The molecule has 8 nitrogen and oxygen atoms in total. The van der Waals surface area contributed by atoms with Crippen LogP contribution in [0.5, 0.6) is 5.75 Å². The van der Waals surface area contributed by atoms with Gasteiger partial charge in [-0.3, -0.25) is 9.78 Å². The monoisotopic (exact) mass is 435 g/mol. The highest BCUT2D eigenvalue weighted by atomic mass is 32.2. The number of aromatic nitrogens is 1. The Bertz CT molecular complexity index is 981. The minimum Gasteiger partial charge on any atom is -0.487 e. The number of nitrogens with zero attached hydrogens (tertiary/aromatic N) is 3. The highest BCUT2D eigenvalue weighted by Gasteiger charge is 2.46. The van der Waals surface area contributed by atoms with E-state index in [2.05, 4.69) is 4.98 Å². The molecule has 2 aromatic rings. The van der Waals surface area contributed by atoms with Gasteiger partial charge in [0.05, 0.1) is 30.9 Å². The minimum absolute atomic E-state index is 0.00928. The van der Waals surface area contributed by atoms with Crippen LogP contribution in [0.4, 0.5) is 4.39 Å². The summed E-state index contributed by atoms with van der Waals surface area (Å²) >= 11 is 0. The molecule has 160 valence electrons. The Morgan fingerprint density at radius 2 is 1.90 bits per heavy atom. The maximum atomic E-state index is 13.3. The summed E-state index contributed by atoms with van der Waals surface area (Å²) in [4.78, 5) is 18.7. The number of ether oxygens (including phenoxy) is 2. The number of carbonyl (C=O) groups excluding carboxylic acids is 1. The largest absolute Gasteiger partial charge is 0.487 e. The van der Waals surface area contributed by atoms with E-state index in [9.17, 15) is 17.6 Å². The van der Waals surface area contributed by atoms with E-state index in [1.807, 2.05) is 0 Å². The van der Waals surface area contributed by atoms with Gasteiger partial charge in [0.2, 0.25) is 15.9 Å². The van der Waals surface area contributed by atoms with E-state index in [1.165, 1.54) is 22.6 Å². The fourth-order valence-corrected chi connectivity index (χ4v) is 5.31. The molecule has 1 aromatic heterocycles. The molecule has 2 atom stereocenters. The van der Waals surface area contributed by atoms with E-state index in [1.54, 1.807) is 23.2 Å². The van der Waals surface area contributed by atoms with Gasteiger partial charge in [0, 0.05) is 25.7 Å². The predicted molar refractivity (Wildman–Crippen MR) is 105 cm³/mol. The van der Waals surface area contributed by atoms with E-state index in [0.29, 0.717) is 32.1 Å². The molecule has 0 spiro atoms. The SMILES string of the molecule is O=C([C@H]1C[C@H](Oc2cccnc2)CN1S(=O)(=O)c1ccc(F)cc1)N1CCOCC1. The van der Waals surface area contributed by atoms with Gasteiger partial charge in [-0.1, -0.05) is 0 Å². The average molecular weight is 435 g/mol. The lowest BCUT2D eigenvalue weighted by Crippen LogP contribution is -2.50. The smallest absolute Gasteiger partial charge is 0.243 e. The molecule has 1 aromatic carbocycles. The zero-order valence-electron chi connectivity index (χ0n) is 16.2. The Morgan fingerprint density at radius 3 is 2.57 bits per heavy atom. The molecule has 30 heavy (non-hydrogen) atoms. The molecule has 1 amide bonds. The molecule has 2 aliphatic rings. The van der Waals surface area contributed by atoms with Crippen LogP contribution in [0.2, 0.25) is 0 Å². The average Bonchev–Trinajstić information content (AvgIpc) is 3.19. The van der Waals surface area contributed by atoms with Crippen molar-refractivity contribution in [2.45, 2.75) is 23.5 Å². The first-order valence-electron chi connectivity index (χ1n) is 9.66. The fraction of sp³-hybridized carbons (Fsp3) is 0.400. The number of benzene rings is 1. The Labute approximate surface area is 174 Å². The molecule has 3 heterocycles. The number of rotatable bonds is 5. The quantitative estimate of drug-likeness (QED) is 0.703. The van der Waals surface area contributed by atoms with E-state index in [0.717, 1.165) is 12.1 Å². The van der Waals surface area contributed by atoms with Crippen LogP contribution in [0.15, 0.2) is 53.7 Å². The lowest BCUT2D eigenvalue weighted by atomic mass is 10.1. The van der Waals surface area contributed by atoms with Gasteiger partial charge in [-0.15, -0.1) is 0 Å². The zero-order valence-corrected chi connectivity index (χ0v) is 17.0.